The van der Waals surface area contributed by atoms with E-state index in [1.165, 1.54) is 4.31 Å². The molecule has 2 aliphatic heterocycles. The van der Waals surface area contributed by atoms with Gasteiger partial charge in [-0.1, -0.05) is 0 Å². The average molecular weight is 363 g/mol. The lowest BCUT2D eigenvalue weighted by atomic mass is 10.2. The number of aryl methyl sites for hydroxylation is 1. The highest BCUT2D eigenvalue weighted by molar-refractivity contribution is 7.89. The Hall–Kier alpha value is -1.90. The molecule has 1 atom stereocenters. The van der Waals surface area contributed by atoms with E-state index in [9.17, 15) is 8.42 Å². The molecule has 0 spiro atoms. The summed E-state index contributed by atoms with van der Waals surface area (Å²) in [5, 5.41) is 4.25. The lowest BCUT2D eigenvalue weighted by Crippen LogP contribution is -2.42. The normalized spacial score (nSPS) is 21.1. The Morgan fingerprint density at radius 3 is 3.00 bits per heavy atom. The molecule has 0 amide bonds. The first-order valence-corrected chi connectivity index (χ1v) is 9.92. The number of morpholine rings is 1. The van der Waals surface area contributed by atoms with Gasteiger partial charge in [0.25, 0.3) is 0 Å². The Bertz CT molecular complexity index is 878. The van der Waals surface area contributed by atoms with Gasteiger partial charge in [-0.05, 0) is 30.7 Å². The molecule has 4 rings (SSSR count). The van der Waals surface area contributed by atoms with E-state index in [1.54, 1.807) is 24.4 Å². The standard InChI is InChI=1S/C17H21N3O4S/c1-2-19-11-14(10-18-19)17-12-20(6-8-24-17)25(21,22)15-3-4-16-13(9-15)5-7-23-16/h3-4,9-11,17H,2,5-8,12H2,1H3/t17-/m0/s1. The Labute approximate surface area is 147 Å². The molecule has 0 radical (unpaired) electrons. The summed E-state index contributed by atoms with van der Waals surface area (Å²) in [4.78, 5) is 0.321. The third-order valence-electron chi connectivity index (χ3n) is 4.68. The molecule has 2 aliphatic rings. The summed E-state index contributed by atoms with van der Waals surface area (Å²) in [7, 11) is -3.55. The van der Waals surface area contributed by atoms with Gasteiger partial charge in [-0.2, -0.15) is 9.40 Å². The predicted molar refractivity (Wildman–Crippen MR) is 91.0 cm³/mol. The Morgan fingerprint density at radius 2 is 2.20 bits per heavy atom. The molecule has 7 nitrogen and oxygen atoms in total. The zero-order valence-corrected chi connectivity index (χ0v) is 14.9. The van der Waals surface area contributed by atoms with Crippen LogP contribution in [0.15, 0.2) is 35.5 Å². The molecular weight excluding hydrogens is 342 g/mol. The van der Waals surface area contributed by atoms with Gasteiger partial charge in [0, 0.05) is 37.8 Å². The van der Waals surface area contributed by atoms with Gasteiger partial charge in [-0.25, -0.2) is 8.42 Å². The number of benzene rings is 1. The largest absolute Gasteiger partial charge is 0.493 e. The molecule has 3 heterocycles. The van der Waals surface area contributed by atoms with Crippen molar-refractivity contribution in [2.45, 2.75) is 30.9 Å². The van der Waals surface area contributed by atoms with Crippen LogP contribution in [0, 0.1) is 0 Å². The minimum atomic E-state index is -3.55. The number of ether oxygens (including phenoxy) is 2. The number of sulfonamides is 1. The zero-order chi connectivity index (χ0) is 17.4. The molecule has 0 aliphatic carbocycles. The summed E-state index contributed by atoms with van der Waals surface area (Å²) >= 11 is 0. The van der Waals surface area contributed by atoms with Crippen molar-refractivity contribution in [2.24, 2.45) is 0 Å². The van der Waals surface area contributed by atoms with Crippen LogP contribution in [-0.2, 0) is 27.7 Å². The van der Waals surface area contributed by atoms with Crippen molar-refractivity contribution in [3.8, 4) is 5.75 Å². The van der Waals surface area contributed by atoms with E-state index < -0.39 is 10.0 Å². The van der Waals surface area contributed by atoms with Crippen molar-refractivity contribution >= 4 is 10.0 Å². The number of rotatable bonds is 4. The van der Waals surface area contributed by atoms with Gasteiger partial charge in [0.05, 0.1) is 30.4 Å². The molecular formula is C17H21N3O4S. The number of hydrogen-bond donors (Lipinski definition) is 0. The molecule has 1 fully saturated rings. The van der Waals surface area contributed by atoms with Crippen molar-refractivity contribution < 1.29 is 17.9 Å². The van der Waals surface area contributed by atoms with Gasteiger partial charge in [0.2, 0.25) is 10.0 Å². The second-order valence-corrected chi connectivity index (χ2v) is 8.16. The number of fused-ring (bicyclic) bond motifs is 1. The summed E-state index contributed by atoms with van der Waals surface area (Å²) in [5.74, 6) is 0.783. The van der Waals surface area contributed by atoms with Gasteiger partial charge in [-0.3, -0.25) is 4.68 Å². The highest BCUT2D eigenvalue weighted by Crippen LogP contribution is 2.31. The highest BCUT2D eigenvalue weighted by atomic mass is 32.2. The summed E-state index contributed by atoms with van der Waals surface area (Å²) in [6.45, 7) is 4.41. The van der Waals surface area contributed by atoms with Crippen LogP contribution in [0.5, 0.6) is 5.75 Å². The topological polar surface area (TPSA) is 73.7 Å². The van der Waals surface area contributed by atoms with Crippen LogP contribution in [0.2, 0.25) is 0 Å². The molecule has 8 heteroatoms. The van der Waals surface area contributed by atoms with E-state index in [0.29, 0.717) is 31.2 Å². The second kappa shape index (κ2) is 6.44. The van der Waals surface area contributed by atoms with E-state index >= 15 is 0 Å². The Kier molecular flexibility index (Phi) is 4.26. The van der Waals surface area contributed by atoms with Gasteiger partial charge >= 0.3 is 0 Å². The number of nitrogens with zero attached hydrogens (tertiary/aromatic N) is 3. The maximum absolute atomic E-state index is 13.0. The summed E-state index contributed by atoms with van der Waals surface area (Å²) in [6.07, 6.45) is 4.12. The summed E-state index contributed by atoms with van der Waals surface area (Å²) in [5.41, 5.74) is 1.86. The van der Waals surface area contributed by atoms with Crippen molar-refractivity contribution in [3.63, 3.8) is 0 Å². The zero-order valence-electron chi connectivity index (χ0n) is 14.1. The van der Waals surface area contributed by atoms with Gasteiger partial charge in [0.1, 0.15) is 5.75 Å². The van der Waals surface area contributed by atoms with E-state index in [4.69, 9.17) is 9.47 Å². The minimum Gasteiger partial charge on any atom is -0.493 e. The molecule has 0 N–H and O–H groups in total. The van der Waals surface area contributed by atoms with Crippen LogP contribution in [0.3, 0.4) is 0 Å². The molecule has 134 valence electrons. The predicted octanol–water partition coefficient (Wildman–Crippen LogP) is 1.60. The van der Waals surface area contributed by atoms with Crippen molar-refractivity contribution in [1.29, 1.82) is 0 Å². The van der Waals surface area contributed by atoms with Crippen LogP contribution in [-0.4, -0.2) is 48.8 Å². The molecule has 1 saturated heterocycles. The molecule has 0 saturated carbocycles. The van der Waals surface area contributed by atoms with Crippen molar-refractivity contribution in [3.05, 3.63) is 41.7 Å². The van der Waals surface area contributed by atoms with Gasteiger partial charge in [-0.15, -0.1) is 0 Å². The van der Waals surface area contributed by atoms with Crippen LogP contribution >= 0.6 is 0 Å². The fourth-order valence-electron chi connectivity index (χ4n) is 3.24. The summed E-state index contributed by atoms with van der Waals surface area (Å²) in [6, 6.07) is 5.11. The molecule has 0 bridgehead atoms. The number of hydrogen-bond acceptors (Lipinski definition) is 5. The minimum absolute atomic E-state index is 0.290. The third kappa shape index (κ3) is 3.05. The maximum Gasteiger partial charge on any atom is 0.243 e. The Balaban J connectivity index is 1.57. The fraction of sp³-hybridized carbons (Fsp3) is 0.471. The van der Waals surface area contributed by atoms with Crippen LogP contribution in [0.1, 0.15) is 24.2 Å². The maximum atomic E-state index is 13.0. The molecule has 0 unspecified atom stereocenters. The fourth-order valence-corrected chi connectivity index (χ4v) is 4.71. The second-order valence-electron chi connectivity index (χ2n) is 6.22. The third-order valence-corrected chi connectivity index (χ3v) is 6.54. The lowest BCUT2D eigenvalue weighted by Gasteiger charge is -2.31. The smallest absolute Gasteiger partial charge is 0.243 e. The van der Waals surface area contributed by atoms with Crippen molar-refractivity contribution in [1.82, 2.24) is 14.1 Å². The SMILES string of the molecule is CCn1cc([C@@H]2CN(S(=O)(=O)c3ccc4c(c3)CCO4)CCO2)cn1. The van der Waals surface area contributed by atoms with Crippen LogP contribution < -0.4 is 4.74 Å². The monoisotopic (exact) mass is 363 g/mol. The van der Waals surface area contributed by atoms with Gasteiger partial charge < -0.3 is 9.47 Å². The lowest BCUT2D eigenvalue weighted by molar-refractivity contribution is -0.00260. The first-order chi connectivity index (χ1) is 12.1. The van der Waals surface area contributed by atoms with E-state index in [0.717, 1.165) is 29.8 Å². The molecule has 1 aromatic heterocycles. The first kappa shape index (κ1) is 16.6. The quantitative estimate of drug-likeness (QED) is 0.825. The molecule has 2 aromatic rings. The van der Waals surface area contributed by atoms with E-state index in [1.807, 2.05) is 17.8 Å². The van der Waals surface area contributed by atoms with E-state index in [-0.39, 0.29) is 6.10 Å². The number of aromatic nitrogens is 2. The highest BCUT2D eigenvalue weighted by Gasteiger charge is 2.32. The molecule has 25 heavy (non-hydrogen) atoms. The first-order valence-electron chi connectivity index (χ1n) is 8.48. The summed E-state index contributed by atoms with van der Waals surface area (Å²) < 4.78 is 40.6. The van der Waals surface area contributed by atoms with Gasteiger partial charge in [0.15, 0.2) is 0 Å². The molecule has 1 aromatic carbocycles. The Morgan fingerprint density at radius 1 is 1.32 bits per heavy atom. The van der Waals surface area contributed by atoms with Crippen LogP contribution in [0.4, 0.5) is 0 Å². The van der Waals surface area contributed by atoms with E-state index in [2.05, 4.69) is 5.10 Å². The average Bonchev–Trinajstić information content (AvgIpc) is 3.30. The van der Waals surface area contributed by atoms with Crippen molar-refractivity contribution in [2.75, 3.05) is 26.3 Å². The van der Waals surface area contributed by atoms with Crippen LogP contribution in [0.25, 0.3) is 0 Å².